The summed E-state index contributed by atoms with van der Waals surface area (Å²) in [6.07, 6.45) is 1.15. The van der Waals surface area contributed by atoms with Crippen LogP contribution in [0.15, 0.2) is 12.3 Å². The molecule has 1 aromatic heterocycles. The molecule has 1 rings (SSSR count). The van der Waals surface area contributed by atoms with E-state index in [2.05, 4.69) is 4.98 Å². The lowest BCUT2D eigenvalue weighted by Crippen LogP contribution is -2.27. The highest BCUT2D eigenvalue weighted by atomic mass is 16.4. The smallest absolute Gasteiger partial charge is 0.0900 e. The molecule has 0 radical (unpaired) electrons. The highest BCUT2D eigenvalue weighted by molar-refractivity contribution is 5.91. The molecule has 68 valence electrons. The van der Waals surface area contributed by atoms with Gasteiger partial charge in [0, 0.05) is 11.8 Å². The number of carboxylic acid groups (broad SMARTS) is 2. The first kappa shape index (κ1) is 9.18. The van der Waals surface area contributed by atoms with Gasteiger partial charge >= 0.3 is 0 Å². The molecule has 0 amide bonds. The summed E-state index contributed by atoms with van der Waals surface area (Å²) in [7, 11) is 0. The van der Waals surface area contributed by atoms with Crippen molar-refractivity contribution in [2.75, 3.05) is 0 Å². The molecule has 0 saturated heterocycles. The van der Waals surface area contributed by atoms with Gasteiger partial charge < -0.3 is 19.8 Å². The molecule has 1 heterocycles. The van der Waals surface area contributed by atoms with Crippen LogP contribution in [0, 0.1) is 6.92 Å². The maximum Gasteiger partial charge on any atom is 0.0900 e. The summed E-state index contributed by atoms with van der Waals surface area (Å²) in [5.74, 6) is -2.94. The van der Waals surface area contributed by atoms with Gasteiger partial charge in [0.2, 0.25) is 0 Å². The monoisotopic (exact) mass is 179 g/mol. The molecule has 5 heteroatoms. The molecule has 0 atom stereocenters. The van der Waals surface area contributed by atoms with Crippen molar-refractivity contribution < 1.29 is 19.8 Å². The van der Waals surface area contributed by atoms with Crippen molar-refractivity contribution in [2.45, 2.75) is 6.92 Å². The van der Waals surface area contributed by atoms with E-state index in [1.54, 1.807) is 0 Å². The van der Waals surface area contributed by atoms with Gasteiger partial charge in [-0.2, -0.15) is 0 Å². The van der Waals surface area contributed by atoms with Crippen LogP contribution in [0.1, 0.15) is 26.4 Å². The van der Waals surface area contributed by atoms with Gasteiger partial charge in [0.05, 0.1) is 17.6 Å². The average Bonchev–Trinajstić information content (AvgIpc) is 2.04. The van der Waals surface area contributed by atoms with Gasteiger partial charge in [-0.05, 0) is 18.6 Å². The fourth-order valence-electron chi connectivity index (χ4n) is 0.855. The van der Waals surface area contributed by atoms with E-state index in [0.29, 0.717) is 5.56 Å². The van der Waals surface area contributed by atoms with Crippen molar-refractivity contribution in [3.05, 3.63) is 29.1 Å². The Morgan fingerprint density at radius 2 is 1.92 bits per heavy atom. The Morgan fingerprint density at radius 1 is 1.31 bits per heavy atom. The third-order valence-electron chi connectivity index (χ3n) is 1.53. The first-order valence-electron chi connectivity index (χ1n) is 3.41. The van der Waals surface area contributed by atoms with Crippen LogP contribution < -0.4 is 10.2 Å². The molecule has 0 aliphatic rings. The molecular formula is C8H5NO4-2. The van der Waals surface area contributed by atoms with Crippen molar-refractivity contribution >= 4 is 11.9 Å². The van der Waals surface area contributed by atoms with Crippen LogP contribution >= 0.6 is 0 Å². The van der Waals surface area contributed by atoms with E-state index in [1.807, 2.05) is 0 Å². The summed E-state index contributed by atoms with van der Waals surface area (Å²) < 4.78 is 0. The van der Waals surface area contributed by atoms with Crippen molar-refractivity contribution in [3.8, 4) is 0 Å². The zero-order chi connectivity index (χ0) is 10.0. The SMILES string of the molecule is Cc1cnc(C(=O)[O-])cc1C(=O)[O-]. The van der Waals surface area contributed by atoms with Gasteiger partial charge in [0.25, 0.3) is 0 Å². The van der Waals surface area contributed by atoms with E-state index in [9.17, 15) is 19.8 Å². The predicted molar refractivity (Wildman–Crippen MR) is 37.6 cm³/mol. The third-order valence-corrected chi connectivity index (χ3v) is 1.53. The van der Waals surface area contributed by atoms with Crippen LogP contribution in [0.5, 0.6) is 0 Å². The van der Waals surface area contributed by atoms with Crippen LogP contribution in [0.3, 0.4) is 0 Å². The lowest BCUT2D eigenvalue weighted by Gasteiger charge is -2.08. The van der Waals surface area contributed by atoms with Gasteiger partial charge in [0.1, 0.15) is 0 Å². The van der Waals surface area contributed by atoms with E-state index in [4.69, 9.17) is 0 Å². The lowest BCUT2D eigenvalue weighted by molar-refractivity contribution is -0.255. The molecule has 0 saturated carbocycles. The molecular weight excluding hydrogens is 174 g/mol. The highest BCUT2D eigenvalue weighted by Gasteiger charge is 2.02. The minimum atomic E-state index is -1.51. The molecule has 0 aromatic carbocycles. The lowest BCUT2D eigenvalue weighted by atomic mass is 10.1. The maximum absolute atomic E-state index is 10.4. The Bertz CT molecular complexity index is 372. The molecule has 0 aliphatic carbocycles. The van der Waals surface area contributed by atoms with E-state index >= 15 is 0 Å². The first-order valence-corrected chi connectivity index (χ1v) is 3.41. The van der Waals surface area contributed by atoms with E-state index in [1.165, 1.54) is 6.92 Å². The average molecular weight is 179 g/mol. The van der Waals surface area contributed by atoms with Crippen LogP contribution in [-0.4, -0.2) is 16.9 Å². The first-order chi connectivity index (χ1) is 6.02. The minimum Gasteiger partial charge on any atom is -0.545 e. The van der Waals surface area contributed by atoms with Crippen molar-refractivity contribution in [3.63, 3.8) is 0 Å². The summed E-state index contributed by atoms with van der Waals surface area (Å²) >= 11 is 0. The van der Waals surface area contributed by atoms with Gasteiger partial charge in [-0.3, -0.25) is 4.98 Å². The molecule has 5 nitrogen and oxygen atoms in total. The van der Waals surface area contributed by atoms with E-state index in [-0.39, 0.29) is 5.56 Å². The Hall–Kier alpha value is -1.91. The quantitative estimate of drug-likeness (QED) is 0.529. The molecule has 13 heavy (non-hydrogen) atoms. The van der Waals surface area contributed by atoms with Gasteiger partial charge in [-0.15, -0.1) is 0 Å². The van der Waals surface area contributed by atoms with Crippen molar-refractivity contribution in [1.82, 2.24) is 4.98 Å². The molecule has 0 N–H and O–H groups in total. The zero-order valence-electron chi connectivity index (χ0n) is 6.73. The number of aromatic nitrogens is 1. The summed E-state index contributed by atoms with van der Waals surface area (Å²) in [6, 6.07) is 0.917. The van der Waals surface area contributed by atoms with Crippen LogP contribution in [-0.2, 0) is 0 Å². The molecule has 1 aromatic rings. The van der Waals surface area contributed by atoms with Crippen LogP contribution in [0.2, 0.25) is 0 Å². The second-order valence-corrected chi connectivity index (χ2v) is 2.46. The second-order valence-electron chi connectivity index (χ2n) is 2.46. The number of aryl methyl sites for hydroxylation is 1. The summed E-state index contributed by atoms with van der Waals surface area (Å²) in [5, 5.41) is 20.7. The highest BCUT2D eigenvalue weighted by Crippen LogP contribution is 2.06. The molecule has 0 bridgehead atoms. The molecule has 0 unspecified atom stereocenters. The number of aromatic carboxylic acids is 2. The van der Waals surface area contributed by atoms with Crippen molar-refractivity contribution in [1.29, 1.82) is 0 Å². The number of carbonyl (C=O) groups is 2. The number of pyridine rings is 1. The number of carboxylic acids is 2. The number of hydrogen-bond acceptors (Lipinski definition) is 5. The number of carbonyl (C=O) groups excluding carboxylic acids is 2. The summed E-state index contributed by atoms with van der Waals surface area (Å²) in [6.45, 7) is 1.50. The normalized spacial score (nSPS) is 9.62. The van der Waals surface area contributed by atoms with Gasteiger partial charge in [0.15, 0.2) is 0 Å². The molecule has 0 aliphatic heterocycles. The minimum absolute atomic E-state index is 0.186. The molecule has 0 fully saturated rings. The Labute approximate surface area is 73.7 Å². The summed E-state index contributed by atoms with van der Waals surface area (Å²) in [5.41, 5.74) is -0.246. The third kappa shape index (κ3) is 1.81. The number of rotatable bonds is 2. The Balaban J connectivity index is 3.27. The number of hydrogen-bond donors (Lipinski definition) is 0. The van der Waals surface area contributed by atoms with Crippen molar-refractivity contribution in [2.24, 2.45) is 0 Å². The molecule has 0 spiro atoms. The fraction of sp³-hybridized carbons (Fsp3) is 0.125. The maximum atomic E-state index is 10.4. The standard InChI is InChI=1S/C8H7NO4/c1-4-3-9-6(8(12)13)2-5(4)7(10)11/h2-3H,1H3,(H,10,11)(H,12,13)/p-2. The predicted octanol–water partition coefficient (Wildman–Crippen LogP) is -1.88. The largest absolute Gasteiger partial charge is 0.545 e. The van der Waals surface area contributed by atoms with Crippen LogP contribution in [0.25, 0.3) is 0 Å². The Morgan fingerprint density at radius 3 is 2.38 bits per heavy atom. The van der Waals surface area contributed by atoms with Gasteiger partial charge in [-0.25, -0.2) is 0 Å². The second kappa shape index (κ2) is 3.22. The number of nitrogens with zero attached hydrogens (tertiary/aromatic N) is 1. The summed E-state index contributed by atoms with van der Waals surface area (Å²) in [4.78, 5) is 24.2. The van der Waals surface area contributed by atoms with E-state index < -0.39 is 17.6 Å². The topological polar surface area (TPSA) is 93.2 Å². The fourth-order valence-corrected chi connectivity index (χ4v) is 0.855. The Kier molecular flexibility index (Phi) is 2.27. The zero-order valence-corrected chi connectivity index (χ0v) is 6.73. The van der Waals surface area contributed by atoms with Crippen LogP contribution in [0.4, 0.5) is 0 Å². The van der Waals surface area contributed by atoms with Gasteiger partial charge in [-0.1, -0.05) is 0 Å². The van der Waals surface area contributed by atoms with E-state index in [0.717, 1.165) is 12.3 Å².